The Morgan fingerprint density at radius 2 is 1.43 bits per heavy atom. The highest BCUT2D eigenvalue weighted by molar-refractivity contribution is 5.76. The van der Waals surface area contributed by atoms with Crippen molar-refractivity contribution in [2.45, 2.75) is 53.8 Å². The van der Waals surface area contributed by atoms with E-state index in [1.165, 1.54) is 13.8 Å². The van der Waals surface area contributed by atoms with Gasteiger partial charge in [0.25, 0.3) is 0 Å². The summed E-state index contributed by atoms with van der Waals surface area (Å²) in [6, 6.07) is 0. The lowest BCUT2D eigenvalue weighted by molar-refractivity contribution is -0.176. The maximum atomic E-state index is 12.2. The molecule has 0 radical (unpaired) electrons. The fourth-order valence-corrected chi connectivity index (χ4v) is 1.53. The fourth-order valence-electron chi connectivity index (χ4n) is 1.53. The van der Waals surface area contributed by atoms with Crippen molar-refractivity contribution in [3.63, 3.8) is 0 Å². The van der Waals surface area contributed by atoms with Gasteiger partial charge in [0.1, 0.15) is 0 Å². The molecule has 6 nitrogen and oxygen atoms in total. The zero-order valence-corrected chi connectivity index (χ0v) is 13.9. The summed E-state index contributed by atoms with van der Waals surface area (Å²) in [5.41, 5.74) is -2.85. The maximum absolute atomic E-state index is 12.2. The second-order valence-corrected chi connectivity index (χ2v) is 7.66. The SMILES string of the molecule is CC(C)(CO)COC(=O)C(C)(C)C(O)C(O)C(C)(C)CO. The molecule has 2 atom stereocenters. The molecule has 0 aromatic rings. The molecule has 6 heteroatoms. The molecule has 0 aromatic carbocycles. The molecule has 4 N–H and O–H groups in total. The predicted molar refractivity (Wildman–Crippen MR) is 78.5 cm³/mol. The van der Waals surface area contributed by atoms with Crippen LogP contribution in [0.5, 0.6) is 0 Å². The normalized spacial score (nSPS) is 16.5. The second-order valence-electron chi connectivity index (χ2n) is 7.66. The van der Waals surface area contributed by atoms with Crippen molar-refractivity contribution in [2.75, 3.05) is 19.8 Å². The van der Waals surface area contributed by atoms with Gasteiger partial charge in [-0.05, 0) is 13.8 Å². The van der Waals surface area contributed by atoms with Gasteiger partial charge in [-0.1, -0.05) is 27.7 Å². The van der Waals surface area contributed by atoms with E-state index in [1.807, 2.05) is 0 Å². The maximum Gasteiger partial charge on any atom is 0.314 e. The van der Waals surface area contributed by atoms with Gasteiger partial charge in [-0.2, -0.15) is 0 Å². The number of rotatable bonds is 8. The van der Waals surface area contributed by atoms with Gasteiger partial charge in [0, 0.05) is 10.8 Å². The predicted octanol–water partition coefficient (Wildman–Crippen LogP) is 0.315. The van der Waals surface area contributed by atoms with Crippen LogP contribution in [0.1, 0.15) is 41.5 Å². The van der Waals surface area contributed by atoms with Gasteiger partial charge in [0.05, 0.1) is 37.4 Å². The Hall–Kier alpha value is -0.690. The molecule has 0 bridgehead atoms. The standard InChI is InChI=1S/C15H30O6/c1-13(2,7-16)9-21-12(20)15(5,6)11(19)10(18)14(3,4)8-17/h10-11,16-19H,7-9H2,1-6H3. The van der Waals surface area contributed by atoms with E-state index in [9.17, 15) is 20.1 Å². The molecule has 0 saturated carbocycles. The summed E-state index contributed by atoms with van der Waals surface area (Å²) < 4.78 is 5.15. The monoisotopic (exact) mass is 306 g/mol. The van der Waals surface area contributed by atoms with Crippen molar-refractivity contribution in [3.05, 3.63) is 0 Å². The van der Waals surface area contributed by atoms with E-state index in [4.69, 9.17) is 9.84 Å². The van der Waals surface area contributed by atoms with Crippen LogP contribution in [0.3, 0.4) is 0 Å². The van der Waals surface area contributed by atoms with Crippen LogP contribution in [0, 0.1) is 16.2 Å². The van der Waals surface area contributed by atoms with Gasteiger partial charge in [0.2, 0.25) is 0 Å². The minimum Gasteiger partial charge on any atom is -0.465 e. The van der Waals surface area contributed by atoms with Crippen LogP contribution < -0.4 is 0 Å². The van der Waals surface area contributed by atoms with Crippen LogP contribution in [0.25, 0.3) is 0 Å². The summed E-state index contributed by atoms with van der Waals surface area (Å²) in [4.78, 5) is 12.2. The number of aliphatic hydroxyl groups is 4. The van der Waals surface area contributed by atoms with Gasteiger partial charge in [-0.15, -0.1) is 0 Å². The Kier molecular flexibility index (Phi) is 6.82. The zero-order valence-electron chi connectivity index (χ0n) is 13.9. The smallest absolute Gasteiger partial charge is 0.314 e. The summed E-state index contributed by atoms with van der Waals surface area (Å²) in [5, 5.41) is 38.8. The first-order valence-corrected chi connectivity index (χ1v) is 7.07. The van der Waals surface area contributed by atoms with Crippen molar-refractivity contribution in [2.24, 2.45) is 16.2 Å². The molecule has 0 aliphatic rings. The molecule has 21 heavy (non-hydrogen) atoms. The van der Waals surface area contributed by atoms with Crippen molar-refractivity contribution < 1.29 is 30.0 Å². The summed E-state index contributed by atoms with van der Waals surface area (Å²) >= 11 is 0. The van der Waals surface area contributed by atoms with Gasteiger partial charge in [-0.25, -0.2) is 0 Å². The first-order chi connectivity index (χ1) is 9.31. The Balaban J connectivity index is 4.91. The second kappa shape index (κ2) is 7.05. The van der Waals surface area contributed by atoms with E-state index >= 15 is 0 Å². The van der Waals surface area contributed by atoms with Gasteiger partial charge in [0.15, 0.2) is 0 Å². The minimum absolute atomic E-state index is 0.0119. The van der Waals surface area contributed by atoms with Crippen LogP contribution in [-0.2, 0) is 9.53 Å². The average molecular weight is 306 g/mol. The van der Waals surface area contributed by atoms with Gasteiger partial charge in [-0.3, -0.25) is 4.79 Å². The number of carbonyl (C=O) groups excluding carboxylic acids is 1. The summed E-state index contributed by atoms with van der Waals surface area (Å²) in [5.74, 6) is -0.663. The number of aliphatic hydroxyl groups excluding tert-OH is 4. The molecule has 0 rings (SSSR count). The number of esters is 1. The van der Waals surface area contributed by atoms with E-state index < -0.39 is 34.4 Å². The topological polar surface area (TPSA) is 107 Å². The van der Waals surface area contributed by atoms with E-state index in [0.29, 0.717) is 0 Å². The van der Waals surface area contributed by atoms with E-state index in [0.717, 1.165) is 0 Å². The molecule has 126 valence electrons. The molecule has 0 spiro atoms. The van der Waals surface area contributed by atoms with Crippen LogP contribution in [0.15, 0.2) is 0 Å². The number of hydrogen-bond donors (Lipinski definition) is 4. The van der Waals surface area contributed by atoms with Crippen molar-refractivity contribution in [1.29, 1.82) is 0 Å². The fraction of sp³-hybridized carbons (Fsp3) is 0.933. The Labute approximate surface area is 126 Å². The van der Waals surface area contributed by atoms with E-state index in [1.54, 1.807) is 27.7 Å². The summed E-state index contributed by atoms with van der Waals surface area (Å²) in [6.45, 7) is 9.18. The molecule has 0 heterocycles. The van der Waals surface area contributed by atoms with Crippen LogP contribution in [0.4, 0.5) is 0 Å². The molecule has 2 unspecified atom stereocenters. The lowest BCUT2D eigenvalue weighted by atomic mass is 9.74. The van der Waals surface area contributed by atoms with E-state index in [2.05, 4.69) is 0 Å². The highest BCUT2D eigenvalue weighted by Crippen LogP contribution is 2.33. The zero-order chi connectivity index (χ0) is 17.1. The van der Waals surface area contributed by atoms with Crippen LogP contribution in [-0.4, -0.2) is 58.4 Å². The van der Waals surface area contributed by atoms with Crippen molar-refractivity contribution >= 4 is 5.97 Å². The number of carbonyl (C=O) groups is 1. The Morgan fingerprint density at radius 3 is 1.81 bits per heavy atom. The lowest BCUT2D eigenvalue weighted by Crippen LogP contribution is -2.52. The third kappa shape index (κ3) is 5.21. The molecule has 0 aliphatic heterocycles. The largest absolute Gasteiger partial charge is 0.465 e. The molecule has 0 saturated heterocycles. The average Bonchev–Trinajstić information content (AvgIpc) is 2.42. The number of ether oxygens (including phenoxy) is 1. The first-order valence-electron chi connectivity index (χ1n) is 7.07. The summed E-state index contributed by atoms with van der Waals surface area (Å²) in [7, 11) is 0. The van der Waals surface area contributed by atoms with Gasteiger partial charge < -0.3 is 25.2 Å². The van der Waals surface area contributed by atoms with Crippen LogP contribution in [0.2, 0.25) is 0 Å². The molecular formula is C15H30O6. The van der Waals surface area contributed by atoms with Crippen molar-refractivity contribution in [1.82, 2.24) is 0 Å². The highest BCUT2D eigenvalue weighted by atomic mass is 16.5. The summed E-state index contributed by atoms with van der Waals surface area (Å²) in [6.07, 6.45) is -2.67. The quantitative estimate of drug-likeness (QED) is 0.481. The minimum atomic E-state index is -1.38. The Bertz CT molecular complexity index is 348. The molecular weight excluding hydrogens is 276 g/mol. The van der Waals surface area contributed by atoms with Crippen LogP contribution >= 0.6 is 0 Å². The third-order valence-electron chi connectivity index (χ3n) is 3.79. The van der Waals surface area contributed by atoms with Gasteiger partial charge >= 0.3 is 5.97 Å². The first kappa shape index (κ1) is 20.3. The van der Waals surface area contributed by atoms with Crippen molar-refractivity contribution in [3.8, 4) is 0 Å². The molecule has 0 aliphatic carbocycles. The molecule has 0 amide bonds. The molecule has 0 fully saturated rings. The highest BCUT2D eigenvalue weighted by Gasteiger charge is 2.46. The lowest BCUT2D eigenvalue weighted by Gasteiger charge is -2.38. The van der Waals surface area contributed by atoms with E-state index in [-0.39, 0.29) is 19.8 Å². The Morgan fingerprint density at radius 1 is 0.952 bits per heavy atom. The third-order valence-corrected chi connectivity index (χ3v) is 3.79. The number of hydrogen-bond acceptors (Lipinski definition) is 6. The molecule has 0 aromatic heterocycles.